The second-order valence-electron chi connectivity index (χ2n) is 3.64. The summed E-state index contributed by atoms with van der Waals surface area (Å²) in [7, 11) is 0. The summed E-state index contributed by atoms with van der Waals surface area (Å²) < 4.78 is 0. The smallest absolute Gasteiger partial charge is 0.0130 e. The van der Waals surface area contributed by atoms with E-state index in [1.807, 2.05) is 0 Å². The zero-order valence-electron chi connectivity index (χ0n) is 7.43. The fourth-order valence-corrected chi connectivity index (χ4v) is 1.78. The second-order valence-corrected chi connectivity index (χ2v) is 3.64. The fourth-order valence-electron chi connectivity index (χ4n) is 1.78. The van der Waals surface area contributed by atoms with Gasteiger partial charge in [0.2, 0.25) is 0 Å². The molecule has 0 saturated carbocycles. The minimum absolute atomic E-state index is 0.861. The Balaban J connectivity index is 2.22. The van der Waals surface area contributed by atoms with E-state index in [0.29, 0.717) is 0 Å². The molecule has 1 atom stereocenters. The molecule has 0 amide bonds. The number of rotatable bonds is 3. The van der Waals surface area contributed by atoms with Crippen molar-refractivity contribution in [3.8, 4) is 0 Å². The summed E-state index contributed by atoms with van der Waals surface area (Å²) in [5.74, 6) is 0.861. The second kappa shape index (κ2) is 3.38. The maximum absolute atomic E-state index is 2.60. The van der Waals surface area contributed by atoms with Crippen LogP contribution in [0.5, 0.6) is 0 Å². The summed E-state index contributed by atoms with van der Waals surface area (Å²) in [4.78, 5) is 2.60. The van der Waals surface area contributed by atoms with Crippen LogP contribution in [0.3, 0.4) is 0 Å². The molecule has 1 saturated heterocycles. The van der Waals surface area contributed by atoms with Gasteiger partial charge in [-0.15, -0.1) is 0 Å². The summed E-state index contributed by atoms with van der Waals surface area (Å²) in [5, 5.41) is 0. The van der Waals surface area contributed by atoms with Gasteiger partial charge in [-0.2, -0.15) is 0 Å². The Morgan fingerprint density at radius 3 is 2.50 bits per heavy atom. The van der Waals surface area contributed by atoms with Crippen LogP contribution in [0.25, 0.3) is 0 Å². The van der Waals surface area contributed by atoms with Gasteiger partial charge in [0.25, 0.3) is 0 Å². The maximum atomic E-state index is 2.60. The average molecular weight is 141 g/mol. The fraction of sp³-hybridized carbons (Fsp3) is 1.00. The van der Waals surface area contributed by atoms with Crippen molar-refractivity contribution in [2.75, 3.05) is 13.1 Å². The Morgan fingerprint density at radius 2 is 2.20 bits per heavy atom. The zero-order valence-corrected chi connectivity index (χ0v) is 7.43. The molecule has 1 rings (SSSR count). The first kappa shape index (κ1) is 8.06. The summed E-state index contributed by atoms with van der Waals surface area (Å²) in [6.45, 7) is 9.56. The van der Waals surface area contributed by atoms with Crippen LogP contribution in [0.15, 0.2) is 0 Å². The topological polar surface area (TPSA) is 3.24 Å². The van der Waals surface area contributed by atoms with Crippen LogP contribution in [-0.4, -0.2) is 24.0 Å². The first-order chi connectivity index (χ1) is 4.75. The highest BCUT2D eigenvalue weighted by atomic mass is 15.2. The van der Waals surface area contributed by atoms with E-state index in [4.69, 9.17) is 0 Å². The van der Waals surface area contributed by atoms with Crippen molar-refractivity contribution in [3.63, 3.8) is 0 Å². The molecule has 0 aromatic carbocycles. The monoisotopic (exact) mass is 141 g/mol. The lowest BCUT2D eigenvalue weighted by Gasteiger charge is -2.43. The van der Waals surface area contributed by atoms with Crippen LogP contribution in [0.4, 0.5) is 0 Å². The normalized spacial score (nSPS) is 27.0. The SMILES string of the molecule is CCCN1CCC1C(C)C. The third-order valence-electron chi connectivity index (χ3n) is 2.46. The van der Waals surface area contributed by atoms with Gasteiger partial charge in [0.15, 0.2) is 0 Å². The Morgan fingerprint density at radius 1 is 1.50 bits per heavy atom. The summed E-state index contributed by atoms with van der Waals surface area (Å²) in [6.07, 6.45) is 2.74. The van der Waals surface area contributed by atoms with Gasteiger partial charge in [0.05, 0.1) is 0 Å². The van der Waals surface area contributed by atoms with Gasteiger partial charge in [0, 0.05) is 6.04 Å². The van der Waals surface area contributed by atoms with Crippen molar-refractivity contribution in [2.24, 2.45) is 5.92 Å². The molecule has 0 radical (unpaired) electrons. The van der Waals surface area contributed by atoms with Gasteiger partial charge in [0.1, 0.15) is 0 Å². The largest absolute Gasteiger partial charge is 0.300 e. The molecule has 60 valence electrons. The summed E-state index contributed by atoms with van der Waals surface area (Å²) >= 11 is 0. The van der Waals surface area contributed by atoms with Crippen molar-refractivity contribution in [1.82, 2.24) is 4.90 Å². The minimum Gasteiger partial charge on any atom is -0.300 e. The molecule has 0 bridgehead atoms. The standard InChI is InChI=1S/C9H19N/c1-4-6-10-7-5-9(10)8(2)3/h8-9H,4-7H2,1-3H3. The van der Waals surface area contributed by atoms with Crippen LogP contribution in [0.1, 0.15) is 33.6 Å². The molecular weight excluding hydrogens is 122 g/mol. The third kappa shape index (κ3) is 1.51. The number of nitrogens with zero attached hydrogens (tertiary/aromatic N) is 1. The number of hydrogen-bond acceptors (Lipinski definition) is 1. The molecule has 1 fully saturated rings. The molecule has 1 nitrogen and oxygen atoms in total. The summed E-state index contributed by atoms with van der Waals surface area (Å²) in [6, 6.07) is 0.903. The molecule has 1 heteroatoms. The van der Waals surface area contributed by atoms with Gasteiger partial charge in [-0.3, -0.25) is 0 Å². The average Bonchev–Trinajstić information content (AvgIpc) is 1.78. The predicted molar refractivity (Wildman–Crippen MR) is 45.1 cm³/mol. The minimum atomic E-state index is 0.861. The van der Waals surface area contributed by atoms with E-state index < -0.39 is 0 Å². The quantitative estimate of drug-likeness (QED) is 0.582. The molecule has 1 aliphatic heterocycles. The van der Waals surface area contributed by atoms with E-state index in [9.17, 15) is 0 Å². The Labute approximate surface area is 64.4 Å². The molecule has 1 aliphatic rings. The molecular formula is C9H19N. The summed E-state index contributed by atoms with van der Waals surface area (Å²) in [5.41, 5.74) is 0. The van der Waals surface area contributed by atoms with E-state index >= 15 is 0 Å². The van der Waals surface area contributed by atoms with E-state index in [2.05, 4.69) is 25.7 Å². The zero-order chi connectivity index (χ0) is 7.56. The molecule has 0 N–H and O–H groups in total. The molecule has 10 heavy (non-hydrogen) atoms. The number of hydrogen-bond donors (Lipinski definition) is 0. The van der Waals surface area contributed by atoms with Crippen LogP contribution in [0.2, 0.25) is 0 Å². The highest BCUT2D eigenvalue weighted by Gasteiger charge is 2.28. The van der Waals surface area contributed by atoms with Crippen molar-refractivity contribution >= 4 is 0 Å². The van der Waals surface area contributed by atoms with Crippen molar-refractivity contribution in [1.29, 1.82) is 0 Å². The van der Waals surface area contributed by atoms with Gasteiger partial charge >= 0.3 is 0 Å². The van der Waals surface area contributed by atoms with Crippen molar-refractivity contribution < 1.29 is 0 Å². The first-order valence-corrected chi connectivity index (χ1v) is 4.49. The van der Waals surface area contributed by atoms with Crippen LogP contribution in [-0.2, 0) is 0 Å². The third-order valence-corrected chi connectivity index (χ3v) is 2.46. The lowest BCUT2D eigenvalue weighted by atomic mass is 9.92. The van der Waals surface area contributed by atoms with Gasteiger partial charge in [-0.05, 0) is 31.8 Å². The molecule has 1 unspecified atom stereocenters. The van der Waals surface area contributed by atoms with Crippen LogP contribution in [0, 0.1) is 5.92 Å². The predicted octanol–water partition coefficient (Wildman–Crippen LogP) is 2.13. The Kier molecular flexibility index (Phi) is 2.72. The molecule has 0 aromatic heterocycles. The van der Waals surface area contributed by atoms with E-state index in [0.717, 1.165) is 12.0 Å². The van der Waals surface area contributed by atoms with E-state index in [-0.39, 0.29) is 0 Å². The van der Waals surface area contributed by atoms with Crippen molar-refractivity contribution in [2.45, 2.75) is 39.7 Å². The lowest BCUT2D eigenvalue weighted by molar-refractivity contribution is 0.0565. The van der Waals surface area contributed by atoms with Crippen LogP contribution < -0.4 is 0 Å². The lowest BCUT2D eigenvalue weighted by Crippen LogP contribution is -2.50. The number of likely N-dealkylation sites (tertiary alicyclic amines) is 1. The maximum Gasteiger partial charge on any atom is 0.0130 e. The van der Waals surface area contributed by atoms with Gasteiger partial charge in [-0.1, -0.05) is 20.8 Å². The highest BCUT2D eigenvalue weighted by Crippen LogP contribution is 2.23. The van der Waals surface area contributed by atoms with E-state index in [1.54, 1.807) is 0 Å². The molecule has 0 spiro atoms. The molecule has 0 aromatic rings. The first-order valence-electron chi connectivity index (χ1n) is 4.49. The van der Waals surface area contributed by atoms with E-state index in [1.165, 1.54) is 25.9 Å². The molecule has 1 heterocycles. The Bertz CT molecular complexity index is 98.9. The Hall–Kier alpha value is -0.0400. The molecule has 0 aliphatic carbocycles. The van der Waals surface area contributed by atoms with Gasteiger partial charge < -0.3 is 4.90 Å². The van der Waals surface area contributed by atoms with Crippen LogP contribution >= 0.6 is 0 Å². The van der Waals surface area contributed by atoms with Gasteiger partial charge in [-0.25, -0.2) is 0 Å². The highest BCUT2D eigenvalue weighted by molar-refractivity contribution is 4.84. The van der Waals surface area contributed by atoms with Crippen molar-refractivity contribution in [3.05, 3.63) is 0 Å².